The molecule has 1 fully saturated rings. The van der Waals surface area contributed by atoms with Crippen LogP contribution in [0.4, 0.5) is 4.39 Å². The van der Waals surface area contributed by atoms with Gasteiger partial charge in [-0.05, 0) is 24.9 Å². The first-order valence-corrected chi connectivity index (χ1v) is 4.72. The minimum absolute atomic E-state index is 0. The van der Waals surface area contributed by atoms with Crippen LogP contribution in [0, 0.1) is 5.92 Å². The molecule has 1 aromatic rings. The van der Waals surface area contributed by atoms with E-state index in [9.17, 15) is 4.39 Å². The quantitative estimate of drug-likeness (QED) is 0.824. The van der Waals surface area contributed by atoms with E-state index >= 15 is 0 Å². The fourth-order valence-corrected chi connectivity index (χ4v) is 1.90. The second kappa shape index (κ2) is 4.28. The molecule has 1 aromatic carbocycles. The van der Waals surface area contributed by atoms with E-state index in [1.54, 1.807) is 0 Å². The Morgan fingerprint density at radius 2 is 2.00 bits per heavy atom. The summed E-state index contributed by atoms with van der Waals surface area (Å²) >= 11 is 0. The van der Waals surface area contributed by atoms with Crippen LogP contribution in [0.3, 0.4) is 0 Å². The molecule has 0 bridgehead atoms. The van der Waals surface area contributed by atoms with E-state index < -0.39 is 5.67 Å². The summed E-state index contributed by atoms with van der Waals surface area (Å²) in [7, 11) is 0. The molecule has 14 heavy (non-hydrogen) atoms. The third kappa shape index (κ3) is 1.91. The zero-order valence-electron chi connectivity index (χ0n) is 7.95. The Morgan fingerprint density at radius 1 is 1.36 bits per heavy atom. The van der Waals surface area contributed by atoms with E-state index in [4.69, 9.17) is 5.73 Å². The molecule has 0 aromatic heterocycles. The van der Waals surface area contributed by atoms with Crippen molar-refractivity contribution in [2.24, 2.45) is 11.7 Å². The molecule has 78 valence electrons. The first-order valence-electron chi connectivity index (χ1n) is 4.72. The molecule has 0 heterocycles. The molecule has 1 saturated carbocycles. The maximum absolute atomic E-state index is 14.0. The smallest absolute Gasteiger partial charge is 0.139 e. The zero-order valence-corrected chi connectivity index (χ0v) is 8.77. The molecule has 1 aliphatic rings. The molecule has 2 atom stereocenters. The number of hydrogen-bond donors (Lipinski definition) is 1. The lowest BCUT2D eigenvalue weighted by Crippen LogP contribution is -2.06. The van der Waals surface area contributed by atoms with Gasteiger partial charge in [0.05, 0.1) is 0 Å². The second-order valence-corrected chi connectivity index (χ2v) is 3.71. The van der Waals surface area contributed by atoms with Gasteiger partial charge in [-0.1, -0.05) is 30.3 Å². The van der Waals surface area contributed by atoms with Gasteiger partial charge in [0.25, 0.3) is 0 Å². The first kappa shape index (κ1) is 11.5. The van der Waals surface area contributed by atoms with Gasteiger partial charge >= 0.3 is 0 Å². The van der Waals surface area contributed by atoms with Crippen LogP contribution in [0.15, 0.2) is 30.3 Å². The first-order chi connectivity index (χ1) is 6.27. The molecule has 0 radical (unpaired) electrons. The van der Waals surface area contributed by atoms with Gasteiger partial charge < -0.3 is 5.73 Å². The summed E-state index contributed by atoms with van der Waals surface area (Å²) in [6, 6.07) is 9.39. The van der Waals surface area contributed by atoms with E-state index in [0.29, 0.717) is 13.0 Å². The van der Waals surface area contributed by atoms with E-state index in [2.05, 4.69) is 0 Å². The minimum atomic E-state index is -1.07. The topological polar surface area (TPSA) is 26.0 Å². The normalized spacial score (nSPS) is 29.4. The average molecular weight is 216 g/mol. The van der Waals surface area contributed by atoms with Crippen LogP contribution in [-0.2, 0) is 5.67 Å². The van der Waals surface area contributed by atoms with Crippen molar-refractivity contribution >= 4 is 12.4 Å². The Morgan fingerprint density at radius 3 is 2.57 bits per heavy atom. The van der Waals surface area contributed by atoms with Crippen molar-refractivity contribution in [3.63, 3.8) is 0 Å². The summed E-state index contributed by atoms with van der Waals surface area (Å²) in [5, 5.41) is 0. The maximum Gasteiger partial charge on any atom is 0.139 e. The highest BCUT2D eigenvalue weighted by atomic mass is 35.5. The molecule has 3 heteroatoms. The van der Waals surface area contributed by atoms with Gasteiger partial charge in [0.2, 0.25) is 0 Å². The van der Waals surface area contributed by atoms with Gasteiger partial charge in [0, 0.05) is 5.92 Å². The molecule has 1 aliphatic carbocycles. The SMILES string of the molecule is Cl.NCC[C@H]1C[C@]1(F)c1ccccc1. The molecular weight excluding hydrogens is 201 g/mol. The molecule has 0 aliphatic heterocycles. The Hall–Kier alpha value is -0.600. The number of nitrogens with two attached hydrogens (primary N) is 1. The molecule has 0 saturated heterocycles. The van der Waals surface area contributed by atoms with Crippen LogP contribution in [-0.4, -0.2) is 6.54 Å². The lowest BCUT2D eigenvalue weighted by atomic mass is 10.1. The Kier molecular flexibility index (Phi) is 3.51. The zero-order chi connectivity index (χ0) is 9.31. The Bertz CT molecular complexity index is 291. The number of rotatable bonds is 3. The van der Waals surface area contributed by atoms with E-state index in [1.165, 1.54) is 0 Å². The van der Waals surface area contributed by atoms with Crippen LogP contribution in [0.25, 0.3) is 0 Å². The van der Waals surface area contributed by atoms with E-state index in [0.717, 1.165) is 12.0 Å². The summed E-state index contributed by atoms with van der Waals surface area (Å²) in [4.78, 5) is 0. The lowest BCUT2D eigenvalue weighted by Gasteiger charge is -2.06. The van der Waals surface area contributed by atoms with Crippen molar-refractivity contribution in [3.05, 3.63) is 35.9 Å². The monoisotopic (exact) mass is 215 g/mol. The molecule has 2 rings (SSSR count). The highest BCUT2D eigenvalue weighted by molar-refractivity contribution is 5.85. The van der Waals surface area contributed by atoms with Crippen molar-refractivity contribution in [1.29, 1.82) is 0 Å². The maximum atomic E-state index is 14.0. The molecule has 0 amide bonds. The third-order valence-electron chi connectivity index (χ3n) is 2.80. The van der Waals surface area contributed by atoms with Crippen LogP contribution >= 0.6 is 12.4 Å². The third-order valence-corrected chi connectivity index (χ3v) is 2.80. The number of alkyl halides is 1. The Balaban J connectivity index is 0.000000980. The summed E-state index contributed by atoms with van der Waals surface area (Å²) < 4.78 is 14.0. The van der Waals surface area contributed by atoms with Gasteiger partial charge in [-0.25, -0.2) is 4.39 Å². The lowest BCUT2D eigenvalue weighted by molar-refractivity contribution is 0.283. The molecule has 2 N–H and O–H groups in total. The minimum Gasteiger partial charge on any atom is -0.330 e. The highest BCUT2D eigenvalue weighted by Gasteiger charge is 2.55. The molecular formula is C11H15ClFN. The fourth-order valence-electron chi connectivity index (χ4n) is 1.90. The van der Waals surface area contributed by atoms with Crippen molar-refractivity contribution in [3.8, 4) is 0 Å². The molecule has 0 spiro atoms. The number of benzene rings is 1. The van der Waals surface area contributed by atoms with Gasteiger partial charge in [-0.3, -0.25) is 0 Å². The highest BCUT2D eigenvalue weighted by Crippen LogP contribution is 2.56. The van der Waals surface area contributed by atoms with Crippen molar-refractivity contribution in [2.75, 3.05) is 6.54 Å². The Labute approximate surface area is 89.9 Å². The standard InChI is InChI=1S/C11H14FN.ClH/c12-11(8-10(11)6-7-13)9-4-2-1-3-5-9;/h1-5,10H,6-8,13H2;1H/t10-,11-;/m0./s1. The summed E-state index contributed by atoms with van der Waals surface area (Å²) in [6.45, 7) is 0.586. The van der Waals surface area contributed by atoms with Gasteiger partial charge in [0.15, 0.2) is 0 Å². The molecule has 0 unspecified atom stereocenters. The van der Waals surface area contributed by atoms with Crippen molar-refractivity contribution in [1.82, 2.24) is 0 Å². The van der Waals surface area contributed by atoms with Gasteiger partial charge in [-0.2, -0.15) is 0 Å². The fraction of sp³-hybridized carbons (Fsp3) is 0.455. The number of hydrogen-bond acceptors (Lipinski definition) is 1. The second-order valence-electron chi connectivity index (χ2n) is 3.71. The van der Waals surface area contributed by atoms with E-state index in [1.807, 2.05) is 30.3 Å². The van der Waals surface area contributed by atoms with Crippen LogP contribution in [0.5, 0.6) is 0 Å². The van der Waals surface area contributed by atoms with Crippen molar-refractivity contribution in [2.45, 2.75) is 18.5 Å². The van der Waals surface area contributed by atoms with Crippen LogP contribution < -0.4 is 5.73 Å². The predicted octanol–water partition coefficient (Wildman–Crippen LogP) is 2.64. The average Bonchev–Trinajstić information content (AvgIpc) is 2.81. The van der Waals surface area contributed by atoms with E-state index in [-0.39, 0.29) is 18.3 Å². The van der Waals surface area contributed by atoms with Gasteiger partial charge in [-0.15, -0.1) is 12.4 Å². The predicted molar refractivity (Wildman–Crippen MR) is 58.3 cm³/mol. The largest absolute Gasteiger partial charge is 0.330 e. The summed E-state index contributed by atoms with van der Waals surface area (Å²) in [6.07, 6.45) is 1.44. The van der Waals surface area contributed by atoms with Crippen molar-refractivity contribution < 1.29 is 4.39 Å². The van der Waals surface area contributed by atoms with Crippen LogP contribution in [0.1, 0.15) is 18.4 Å². The van der Waals surface area contributed by atoms with Crippen LogP contribution in [0.2, 0.25) is 0 Å². The summed E-state index contributed by atoms with van der Waals surface area (Å²) in [5.41, 5.74) is 5.15. The molecule has 1 nitrogen and oxygen atoms in total. The van der Waals surface area contributed by atoms with Gasteiger partial charge in [0.1, 0.15) is 5.67 Å². The number of halogens is 2. The summed E-state index contributed by atoms with van der Waals surface area (Å²) in [5.74, 6) is 0.153.